The summed E-state index contributed by atoms with van der Waals surface area (Å²) in [5.41, 5.74) is 1.98. The molecule has 3 rings (SSSR count). The Morgan fingerprint density at radius 3 is 2.48 bits per heavy atom. The fourth-order valence-corrected chi connectivity index (χ4v) is 3.77. The van der Waals surface area contributed by atoms with Gasteiger partial charge in [-0.2, -0.15) is 0 Å². The van der Waals surface area contributed by atoms with E-state index < -0.39 is 0 Å². The first-order valence-corrected chi connectivity index (χ1v) is 9.03. The van der Waals surface area contributed by atoms with Crippen LogP contribution in [0.3, 0.4) is 0 Å². The predicted octanol–water partition coefficient (Wildman–Crippen LogP) is 2.84. The number of hydrogen-bond acceptors (Lipinski definition) is 3. The highest BCUT2D eigenvalue weighted by atomic mass is 16.2. The SMILES string of the molecule is CCN(C)c1ccc(C(=O)N2CCCC(N3CCCC3)C2)cc1. The van der Waals surface area contributed by atoms with Crippen LogP contribution in [0.1, 0.15) is 43.0 Å². The average molecular weight is 315 g/mol. The van der Waals surface area contributed by atoms with Gasteiger partial charge in [0.15, 0.2) is 0 Å². The Bertz CT molecular complexity index is 522. The Morgan fingerprint density at radius 2 is 1.83 bits per heavy atom. The molecule has 126 valence electrons. The topological polar surface area (TPSA) is 26.8 Å². The molecule has 0 aromatic heterocycles. The zero-order chi connectivity index (χ0) is 16.2. The van der Waals surface area contributed by atoms with Crippen molar-refractivity contribution >= 4 is 11.6 Å². The maximum Gasteiger partial charge on any atom is 0.253 e. The van der Waals surface area contributed by atoms with Crippen molar-refractivity contribution < 1.29 is 4.79 Å². The van der Waals surface area contributed by atoms with Crippen molar-refractivity contribution in [3.05, 3.63) is 29.8 Å². The quantitative estimate of drug-likeness (QED) is 0.855. The minimum Gasteiger partial charge on any atom is -0.375 e. The van der Waals surface area contributed by atoms with Crippen molar-refractivity contribution in [2.45, 2.75) is 38.6 Å². The number of carbonyl (C=O) groups excluding carboxylic acids is 1. The zero-order valence-electron chi connectivity index (χ0n) is 14.5. The molecule has 2 aliphatic rings. The first kappa shape index (κ1) is 16.3. The van der Waals surface area contributed by atoms with Crippen LogP contribution in [0.2, 0.25) is 0 Å². The van der Waals surface area contributed by atoms with Crippen LogP contribution >= 0.6 is 0 Å². The fourth-order valence-electron chi connectivity index (χ4n) is 3.77. The summed E-state index contributed by atoms with van der Waals surface area (Å²) in [6.45, 7) is 7.33. The van der Waals surface area contributed by atoms with E-state index in [-0.39, 0.29) is 5.91 Å². The maximum atomic E-state index is 12.8. The molecule has 0 aliphatic carbocycles. The second kappa shape index (κ2) is 7.35. The number of nitrogens with zero attached hydrogens (tertiary/aromatic N) is 3. The molecule has 2 fully saturated rings. The van der Waals surface area contributed by atoms with Crippen LogP contribution < -0.4 is 4.90 Å². The van der Waals surface area contributed by atoms with Crippen LogP contribution in [0, 0.1) is 0 Å². The highest BCUT2D eigenvalue weighted by Gasteiger charge is 2.29. The van der Waals surface area contributed by atoms with Gasteiger partial charge >= 0.3 is 0 Å². The van der Waals surface area contributed by atoms with E-state index in [2.05, 4.69) is 40.8 Å². The number of likely N-dealkylation sites (tertiary alicyclic amines) is 2. The lowest BCUT2D eigenvalue weighted by Crippen LogP contribution is -2.48. The Balaban J connectivity index is 1.64. The molecule has 0 radical (unpaired) electrons. The van der Waals surface area contributed by atoms with Crippen molar-refractivity contribution in [3.63, 3.8) is 0 Å². The minimum absolute atomic E-state index is 0.194. The van der Waals surface area contributed by atoms with Gasteiger partial charge in [-0.3, -0.25) is 9.69 Å². The van der Waals surface area contributed by atoms with Gasteiger partial charge in [-0.05, 0) is 70.0 Å². The summed E-state index contributed by atoms with van der Waals surface area (Å²) in [7, 11) is 2.07. The molecular formula is C19H29N3O. The molecule has 2 aliphatic heterocycles. The van der Waals surface area contributed by atoms with Crippen LogP contribution in [0.4, 0.5) is 5.69 Å². The van der Waals surface area contributed by atoms with E-state index in [0.29, 0.717) is 6.04 Å². The predicted molar refractivity (Wildman–Crippen MR) is 95.1 cm³/mol. The molecule has 4 heteroatoms. The van der Waals surface area contributed by atoms with Crippen molar-refractivity contribution in [1.82, 2.24) is 9.80 Å². The van der Waals surface area contributed by atoms with Gasteiger partial charge < -0.3 is 9.80 Å². The number of hydrogen-bond donors (Lipinski definition) is 0. The smallest absolute Gasteiger partial charge is 0.253 e. The standard InChI is InChI=1S/C19H29N3O/c1-3-20(2)17-10-8-16(9-11-17)19(23)22-14-6-7-18(15-22)21-12-4-5-13-21/h8-11,18H,3-7,12-15H2,1-2H3. The van der Waals surface area contributed by atoms with Crippen molar-refractivity contribution in [2.24, 2.45) is 0 Å². The number of carbonyl (C=O) groups is 1. The third-order valence-corrected chi connectivity index (χ3v) is 5.37. The monoisotopic (exact) mass is 315 g/mol. The lowest BCUT2D eigenvalue weighted by molar-refractivity contribution is 0.0608. The van der Waals surface area contributed by atoms with E-state index in [4.69, 9.17) is 0 Å². The number of amides is 1. The van der Waals surface area contributed by atoms with E-state index in [1.165, 1.54) is 32.4 Å². The average Bonchev–Trinajstić information content (AvgIpc) is 3.15. The molecule has 2 saturated heterocycles. The van der Waals surface area contributed by atoms with Gasteiger partial charge in [0.05, 0.1) is 0 Å². The number of rotatable bonds is 4. The lowest BCUT2D eigenvalue weighted by atomic mass is 10.0. The van der Waals surface area contributed by atoms with Crippen molar-refractivity contribution in [3.8, 4) is 0 Å². The van der Waals surface area contributed by atoms with E-state index in [0.717, 1.165) is 37.3 Å². The molecule has 0 N–H and O–H groups in total. The van der Waals surface area contributed by atoms with Crippen LogP contribution in [-0.2, 0) is 0 Å². The molecule has 4 nitrogen and oxygen atoms in total. The van der Waals surface area contributed by atoms with Gasteiger partial charge in [-0.1, -0.05) is 0 Å². The van der Waals surface area contributed by atoms with Gasteiger partial charge in [0.1, 0.15) is 0 Å². The second-order valence-electron chi connectivity index (χ2n) is 6.85. The Kier molecular flexibility index (Phi) is 5.21. The molecule has 23 heavy (non-hydrogen) atoms. The van der Waals surface area contributed by atoms with E-state index in [1.807, 2.05) is 12.1 Å². The number of benzene rings is 1. The van der Waals surface area contributed by atoms with Gasteiger partial charge in [-0.15, -0.1) is 0 Å². The lowest BCUT2D eigenvalue weighted by Gasteiger charge is -2.37. The Hall–Kier alpha value is -1.55. The van der Waals surface area contributed by atoms with Gasteiger partial charge in [0, 0.05) is 44.0 Å². The summed E-state index contributed by atoms with van der Waals surface area (Å²) in [6.07, 6.45) is 5.00. The molecule has 1 aromatic rings. The van der Waals surface area contributed by atoms with E-state index in [9.17, 15) is 4.79 Å². The molecule has 1 atom stereocenters. The number of anilines is 1. The summed E-state index contributed by atoms with van der Waals surface area (Å²) >= 11 is 0. The molecule has 2 heterocycles. The highest BCUT2D eigenvalue weighted by Crippen LogP contribution is 2.22. The van der Waals surface area contributed by atoms with Crippen LogP contribution in [0.15, 0.2) is 24.3 Å². The molecule has 0 bridgehead atoms. The minimum atomic E-state index is 0.194. The number of piperidine rings is 1. The molecule has 1 amide bonds. The van der Waals surface area contributed by atoms with Crippen molar-refractivity contribution in [2.75, 3.05) is 44.7 Å². The molecular weight excluding hydrogens is 286 g/mol. The van der Waals surface area contributed by atoms with Crippen molar-refractivity contribution in [1.29, 1.82) is 0 Å². The third kappa shape index (κ3) is 3.69. The summed E-state index contributed by atoms with van der Waals surface area (Å²) in [5, 5.41) is 0. The largest absolute Gasteiger partial charge is 0.375 e. The summed E-state index contributed by atoms with van der Waals surface area (Å²) in [4.78, 5) is 19.6. The van der Waals surface area contributed by atoms with E-state index >= 15 is 0 Å². The normalized spacial score (nSPS) is 22.3. The van der Waals surface area contributed by atoms with Gasteiger partial charge in [0.25, 0.3) is 5.91 Å². The Morgan fingerprint density at radius 1 is 1.13 bits per heavy atom. The Labute approximate surface area is 140 Å². The summed E-state index contributed by atoms with van der Waals surface area (Å²) in [5.74, 6) is 0.194. The third-order valence-electron chi connectivity index (χ3n) is 5.37. The van der Waals surface area contributed by atoms with Gasteiger partial charge in [0.2, 0.25) is 0 Å². The zero-order valence-corrected chi connectivity index (χ0v) is 14.5. The van der Waals surface area contributed by atoms with E-state index in [1.54, 1.807) is 0 Å². The fraction of sp³-hybridized carbons (Fsp3) is 0.632. The molecule has 0 spiro atoms. The first-order chi connectivity index (χ1) is 11.2. The highest BCUT2D eigenvalue weighted by molar-refractivity contribution is 5.94. The first-order valence-electron chi connectivity index (χ1n) is 9.03. The second-order valence-corrected chi connectivity index (χ2v) is 6.85. The summed E-state index contributed by atoms with van der Waals surface area (Å²) < 4.78 is 0. The molecule has 1 unspecified atom stereocenters. The summed E-state index contributed by atoms with van der Waals surface area (Å²) in [6, 6.07) is 8.63. The van der Waals surface area contributed by atoms with Crippen LogP contribution in [0.5, 0.6) is 0 Å². The van der Waals surface area contributed by atoms with Crippen LogP contribution in [0.25, 0.3) is 0 Å². The maximum absolute atomic E-state index is 12.8. The van der Waals surface area contributed by atoms with Gasteiger partial charge in [-0.25, -0.2) is 0 Å². The van der Waals surface area contributed by atoms with Crippen LogP contribution in [-0.4, -0.2) is 61.5 Å². The molecule has 1 aromatic carbocycles. The molecule has 0 saturated carbocycles.